The predicted octanol–water partition coefficient (Wildman–Crippen LogP) is -2.99. The first-order chi connectivity index (χ1) is 1.91. The van der Waals surface area contributed by atoms with E-state index in [9.17, 15) is 0 Å². The van der Waals surface area contributed by atoms with Gasteiger partial charge in [0.05, 0.1) is 0 Å². The molecule has 0 aliphatic heterocycles. The molecule has 0 aliphatic carbocycles. The van der Waals surface area contributed by atoms with Crippen molar-refractivity contribution < 1.29 is 17.5 Å². The van der Waals surface area contributed by atoms with Crippen LogP contribution in [0.1, 0.15) is 13.3 Å². The largest absolute Gasteiger partial charge is 2.00 e. The monoisotopic (exact) mass is 119 g/mol. The third-order valence-corrected chi connectivity index (χ3v) is 0.224. The summed E-state index contributed by atoms with van der Waals surface area (Å²) in [5, 5.41) is 7.88. The van der Waals surface area contributed by atoms with E-state index in [1.54, 1.807) is 0 Å². The van der Waals surface area contributed by atoms with Gasteiger partial charge in [-0.1, -0.05) is 6.92 Å². The first-order valence-electron chi connectivity index (χ1n) is 1.52. The maximum absolute atomic E-state index is 7.88. The average molecular weight is 120 g/mol. The van der Waals surface area contributed by atoms with E-state index in [4.69, 9.17) is 5.11 Å². The number of halogens is 1. The molecule has 0 aliphatic rings. The molecule has 0 atom stereocenters. The third kappa shape index (κ3) is 19.9. The van der Waals surface area contributed by atoms with Crippen LogP contribution >= 0.6 is 0 Å². The van der Waals surface area contributed by atoms with Crippen LogP contribution in [0, 0.1) is 0 Å². The van der Waals surface area contributed by atoms with Crippen LogP contribution in [0.3, 0.4) is 0 Å². The van der Waals surface area contributed by atoms with Crippen LogP contribution in [0.15, 0.2) is 0 Å². The van der Waals surface area contributed by atoms with Crippen LogP contribution in [0.2, 0.25) is 0 Å². The summed E-state index contributed by atoms with van der Waals surface area (Å²) in [5.74, 6) is 0. The van der Waals surface area contributed by atoms with Crippen molar-refractivity contribution in [2.45, 2.75) is 13.3 Å². The van der Waals surface area contributed by atoms with Crippen molar-refractivity contribution >= 4 is 23.1 Å². The van der Waals surface area contributed by atoms with E-state index >= 15 is 0 Å². The zero-order chi connectivity index (χ0) is 3.41. The molecule has 0 unspecified atom stereocenters. The summed E-state index contributed by atoms with van der Waals surface area (Å²) < 4.78 is 0. The van der Waals surface area contributed by atoms with E-state index in [2.05, 4.69) is 0 Å². The van der Waals surface area contributed by atoms with Crippen LogP contribution in [0.4, 0.5) is 0 Å². The van der Waals surface area contributed by atoms with Crippen LogP contribution < -0.4 is 12.4 Å². The molecule has 0 spiro atoms. The Morgan fingerprint density at radius 3 is 1.67 bits per heavy atom. The SMILES string of the molecule is CCCO.[Cl-].[Mg+2]. The fourth-order valence-electron chi connectivity index (χ4n) is 0. The number of rotatable bonds is 1. The minimum atomic E-state index is 0. The number of aliphatic hydroxyl groups is 1. The second-order valence-electron chi connectivity index (χ2n) is 0.724. The Bertz CT molecular complexity index is 12.8. The molecule has 0 rings (SSSR count). The topological polar surface area (TPSA) is 20.2 Å². The summed E-state index contributed by atoms with van der Waals surface area (Å²) in [6.07, 6.45) is 0.875. The Labute approximate surface area is 60.7 Å². The molecule has 0 saturated heterocycles. The average Bonchev–Trinajstić information content (AvgIpc) is 1.37. The molecule has 1 nitrogen and oxygen atoms in total. The molecule has 0 fully saturated rings. The molecule has 0 saturated carbocycles. The van der Waals surface area contributed by atoms with Gasteiger partial charge >= 0.3 is 23.1 Å². The van der Waals surface area contributed by atoms with E-state index in [1.807, 2.05) is 6.92 Å². The molecule has 1 N–H and O–H groups in total. The summed E-state index contributed by atoms with van der Waals surface area (Å²) in [6, 6.07) is 0. The first kappa shape index (κ1) is 15.7. The maximum Gasteiger partial charge on any atom is 2.00 e. The van der Waals surface area contributed by atoms with Crippen molar-refractivity contribution in [1.29, 1.82) is 0 Å². The van der Waals surface area contributed by atoms with Crippen molar-refractivity contribution in [3.8, 4) is 0 Å². The maximum atomic E-state index is 7.88. The number of hydrogen-bond donors (Lipinski definition) is 1. The summed E-state index contributed by atoms with van der Waals surface area (Å²) in [7, 11) is 0. The van der Waals surface area contributed by atoms with Crippen LogP contribution in [0.25, 0.3) is 0 Å². The second-order valence-corrected chi connectivity index (χ2v) is 0.724. The molecule has 0 aromatic heterocycles. The predicted molar refractivity (Wildman–Crippen MR) is 23.1 cm³/mol. The van der Waals surface area contributed by atoms with E-state index < -0.39 is 0 Å². The Balaban J connectivity index is -0.0000000450. The van der Waals surface area contributed by atoms with Crippen LogP contribution in [-0.2, 0) is 0 Å². The Kier molecular flexibility index (Phi) is 43.7. The van der Waals surface area contributed by atoms with Gasteiger partial charge in [-0.05, 0) is 6.42 Å². The summed E-state index contributed by atoms with van der Waals surface area (Å²) in [4.78, 5) is 0. The standard InChI is InChI=1S/C3H8O.ClH.Mg/c1-2-3-4;;/h4H,2-3H2,1H3;1H;/q;;+2/p-1. The molecule has 0 bridgehead atoms. The van der Waals surface area contributed by atoms with Gasteiger partial charge in [0.15, 0.2) is 0 Å². The van der Waals surface area contributed by atoms with Gasteiger partial charge < -0.3 is 17.5 Å². The molecule has 0 aromatic rings. The molecular formula is C3H8ClMgO+. The fourth-order valence-corrected chi connectivity index (χ4v) is 0. The quantitative estimate of drug-likeness (QED) is 0.366. The van der Waals surface area contributed by atoms with Gasteiger partial charge in [0.1, 0.15) is 0 Å². The molecule has 3 heteroatoms. The minimum absolute atomic E-state index is 0. The van der Waals surface area contributed by atoms with Crippen molar-refractivity contribution in [3.05, 3.63) is 0 Å². The van der Waals surface area contributed by atoms with E-state index in [0.717, 1.165) is 6.42 Å². The zero-order valence-electron chi connectivity index (χ0n) is 3.95. The first-order valence-corrected chi connectivity index (χ1v) is 1.52. The normalized spacial score (nSPS) is 5.00. The zero-order valence-corrected chi connectivity index (χ0v) is 6.12. The molecular weight excluding hydrogens is 112 g/mol. The molecule has 6 heavy (non-hydrogen) atoms. The van der Waals surface area contributed by atoms with Crippen LogP contribution in [0.5, 0.6) is 0 Å². The van der Waals surface area contributed by atoms with E-state index in [0.29, 0.717) is 6.61 Å². The van der Waals surface area contributed by atoms with Crippen molar-refractivity contribution in [3.63, 3.8) is 0 Å². The summed E-state index contributed by atoms with van der Waals surface area (Å²) in [6.45, 7) is 2.25. The molecule has 0 radical (unpaired) electrons. The van der Waals surface area contributed by atoms with Gasteiger partial charge in [0, 0.05) is 6.61 Å². The number of aliphatic hydroxyl groups excluding tert-OH is 1. The molecule has 0 amide bonds. The summed E-state index contributed by atoms with van der Waals surface area (Å²) in [5.41, 5.74) is 0. The van der Waals surface area contributed by atoms with E-state index in [-0.39, 0.29) is 35.5 Å². The van der Waals surface area contributed by atoms with E-state index in [1.165, 1.54) is 0 Å². The van der Waals surface area contributed by atoms with Crippen LogP contribution in [-0.4, -0.2) is 34.8 Å². The van der Waals surface area contributed by atoms with Gasteiger partial charge in [-0.3, -0.25) is 0 Å². The van der Waals surface area contributed by atoms with Gasteiger partial charge in [0.2, 0.25) is 0 Å². The molecule has 0 aromatic carbocycles. The Hall–Kier alpha value is 1.02. The Morgan fingerprint density at radius 1 is 1.50 bits per heavy atom. The third-order valence-electron chi connectivity index (χ3n) is 0.224. The number of hydrogen-bond acceptors (Lipinski definition) is 1. The summed E-state index contributed by atoms with van der Waals surface area (Å²) >= 11 is 0. The Morgan fingerprint density at radius 2 is 1.67 bits per heavy atom. The van der Waals surface area contributed by atoms with Crippen molar-refractivity contribution in [2.75, 3.05) is 6.61 Å². The fraction of sp³-hybridized carbons (Fsp3) is 1.00. The molecule has 0 heterocycles. The van der Waals surface area contributed by atoms with Gasteiger partial charge in [0.25, 0.3) is 0 Å². The van der Waals surface area contributed by atoms with Crippen molar-refractivity contribution in [2.24, 2.45) is 0 Å². The second kappa shape index (κ2) is 16.6. The molecule has 34 valence electrons. The van der Waals surface area contributed by atoms with Gasteiger partial charge in [-0.2, -0.15) is 0 Å². The van der Waals surface area contributed by atoms with Crippen molar-refractivity contribution in [1.82, 2.24) is 0 Å². The smallest absolute Gasteiger partial charge is 1.00 e. The van der Waals surface area contributed by atoms with Gasteiger partial charge in [-0.25, -0.2) is 0 Å². The van der Waals surface area contributed by atoms with Gasteiger partial charge in [-0.15, -0.1) is 0 Å². The minimum Gasteiger partial charge on any atom is -1.00 e.